The van der Waals surface area contributed by atoms with Gasteiger partial charge in [-0.25, -0.2) is 9.55 Å². The lowest BCUT2D eigenvalue weighted by Gasteiger charge is -2.50. The molecule has 0 saturated carbocycles. The SMILES string of the molecule is CC(CC(=O)O)O/N=C(\C(=O)NC1C(=O)N2C(C(=O)[O-])=C(CSc3nc(N)cc4n3nc(N)[n+]4C)CS[C@H]12)c1csc(N)n1. The Bertz CT molecular complexity index is 1750. The van der Waals surface area contributed by atoms with E-state index in [1.165, 1.54) is 28.6 Å². The molecule has 0 aliphatic carbocycles. The summed E-state index contributed by atoms with van der Waals surface area (Å²) in [7, 11) is 1.71. The minimum absolute atomic E-state index is 0.0545. The predicted octanol–water partition coefficient (Wildman–Crippen LogP) is -2.46. The van der Waals surface area contributed by atoms with Crippen LogP contribution in [-0.4, -0.2) is 88.1 Å². The zero-order valence-electron chi connectivity index (χ0n) is 23.0. The number of carboxylic acid groups (broad SMARTS) is 2. The number of amides is 2. The van der Waals surface area contributed by atoms with Crippen molar-refractivity contribution < 1.29 is 38.8 Å². The molecule has 2 amide bonds. The summed E-state index contributed by atoms with van der Waals surface area (Å²) in [4.78, 5) is 64.2. The molecule has 44 heavy (non-hydrogen) atoms. The zero-order valence-corrected chi connectivity index (χ0v) is 25.4. The maximum absolute atomic E-state index is 13.2. The normalized spacial score (nSPS) is 19.0. The number of nitrogen functional groups attached to an aromatic ring is 3. The fourth-order valence-corrected chi connectivity index (χ4v) is 7.36. The highest BCUT2D eigenvalue weighted by Gasteiger charge is 2.53. The summed E-state index contributed by atoms with van der Waals surface area (Å²) >= 11 is 3.44. The minimum Gasteiger partial charge on any atom is -0.543 e. The number of β-lactam (4-membered cyclic amide) rings is 1. The monoisotopic (exact) mass is 663 g/mol. The van der Waals surface area contributed by atoms with Gasteiger partial charge in [0.1, 0.15) is 29.0 Å². The summed E-state index contributed by atoms with van der Waals surface area (Å²) in [6.07, 6.45) is -1.25. The molecule has 3 atom stereocenters. The number of fused-ring (bicyclic) bond motifs is 2. The number of oxime groups is 1. The van der Waals surface area contributed by atoms with Gasteiger partial charge in [0, 0.05) is 28.1 Å². The Balaban J connectivity index is 1.33. The highest BCUT2D eigenvalue weighted by atomic mass is 32.2. The number of aliphatic carboxylic acids is 2. The van der Waals surface area contributed by atoms with Crippen LogP contribution in [0.4, 0.5) is 16.9 Å². The Morgan fingerprint density at radius 2 is 2.09 bits per heavy atom. The molecule has 8 N–H and O–H groups in total. The number of carboxylic acids is 2. The second-order valence-electron chi connectivity index (χ2n) is 9.56. The number of rotatable bonds is 11. The molecular formula is C23H25N11O7S3. The Morgan fingerprint density at radius 3 is 2.75 bits per heavy atom. The molecule has 3 aromatic heterocycles. The Labute approximate surface area is 260 Å². The molecule has 0 bridgehead atoms. The molecule has 5 rings (SSSR count). The second-order valence-corrected chi connectivity index (χ2v) is 12.5. The smallest absolute Gasteiger partial charge is 0.376 e. The first-order valence-electron chi connectivity index (χ1n) is 12.6. The largest absolute Gasteiger partial charge is 0.543 e. The van der Waals surface area contributed by atoms with Crippen molar-refractivity contribution >= 4 is 86.9 Å². The molecule has 2 unspecified atom stereocenters. The van der Waals surface area contributed by atoms with Gasteiger partial charge in [-0.05, 0) is 12.5 Å². The molecule has 0 spiro atoms. The molecule has 1 saturated heterocycles. The number of carbonyl (C=O) groups is 4. The van der Waals surface area contributed by atoms with Crippen LogP contribution in [0.25, 0.3) is 5.65 Å². The van der Waals surface area contributed by atoms with Gasteiger partial charge in [0.25, 0.3) is 11.8 Å². The number of nitrogens with one attached hydrogen (secondary N) is 1. The molecule has 3 aromatic rings. The van der Waals surface area contributed by atoms with Gasteiger partial charge >= 0.3 is 11.9 Å². The number of nitrogens with two attached hydrogens (primary N) is 3. The van der Waals surface area contributed by atoms with Crippen LogP contribution in [0.15, 0.2) is 33.0 Å². The molecule has 1 fully saturated rings. The van der Waals surface area contributed by atoms with Gasteiger partial charge in [-0.2, -0.15) is 4.98 Å². The lowest BCUT2D eigenvalue weighted by molar-refractivity contribution is -0.631. The first-order valence-corrected chi connectivity index (χ1v) is 15.6. The first-order chi connectivity index (χ1) is 20.8. The van der Waals surface area contributed by atoms with E-state index in [4.69, 9.17) is 27.1 Å². The van der Waals surface area contributed by atoms with Gasteiger partial charge in [0.15, 0.2) is 10.8 Å². The maximum atomic E-state index is 13.2. The van der Waals surface area contributed by atoms with E-state index in [2.05, 4.69) is 25.5 Å². The van der Waals surface area contributed by atoms with Crippen LogP contribution in [-0.2, 0) is 31.1 Å². The molecule has 18 nitrogen and oxygen atoms in total. The highest BCUT2D eigenvalue weighted by Crippen LogP contribution is 2.41. The van der Waals surface area contributed by atoms with Crippen LogP contribution in [0.1, 0.15) is 19.0 Å². The lowest BCUT2D eigenvalue weighted by Crippen LogP contribution is -2.71. The molecule has 5 heterocycles. The first kappa shape index (κ1) is 30.8. The van der Waals surface area contributed by atoms with Crippen LogP contribution >= 0.6 is 34.9 Å². The van der Waals surface area contributed by atoms with Crippen LogP contribution in [0.5, 0.6) is 0 Å². The third kappa shape index (κ3) is 5.92. The number of anilines is 3. The zero-order chi connectivity index (χ0) is 31.9. The number of nitrogens with zero attached hydrogens (tertiary/aromatic N) is 7. The van der Waals surface area contributed by atoms with Crippen molar-refractivity contribution in [3.8, 4) is 0 Å². The summed E-state index contributed by atoms with van der Waals surface area (Å²) in [5.74, 6) is -3.44. The topological polar surface area (TPSA) is 273 Å². The van der Waals surface area contributed by atoms with Crippen molar-refractivity contribution in [1.29, 1.82) is 0 Å². The van der Waals surface area contributed by atoms with E-state index in [9.17, 15) is 24.3 Å². The van der Waals surface area contributed by atoms with Crippen molar-refractivity contribution in [3.05, 3.63) is 28.4 Å². The molecule has 2 aliphatic heterocycles. The summed E-state index contributed by atoms with van der Waals surface area (Å²) in [6.45, 7) is 1.45. The molecular weight excluding hydrogens is 639 g/mol. The third-order valence-electron chi connectivity index (χ3n) is 6.46. The summed E-state index contributed by atoms with van der Waals surface area (Å²) < 4.78 is 3.10. The fraction of sp³-hybridized carbons (Fsp3) is 0.348. The number of aromatic nitrogens is 5. The van der Waals surface area contributed by atoms with E-state index in [1.54, 1.807) is 17.7 Å². The van der Waals surface area contributed by atoms with Crippen LogP contribution in [0, 0.1) is 0 Å². The van der Waals surface area contributed by atoms with Crippen LogP contribution in [0.3, 0.4) is 0 Å². The standard InChI is InChI=1S/C23H25N11O7S3/c1-8(3-13(35)36)41-31-14(10-7-43-22(26)27-10)17(37)29-15-18(38)33-16(20(39)40)9(5-42-19(15)33)6-44-23-28-11(24)4-12-32(2)21(25)30-34(12)23/h4,7-8,15,19,24H,3,5-6H2,1-2H3,(H7,25,26,27,29,30,35,36,37,39,40)/b31-14-/t8?,15?,19-/m1/s1. The van der Waals surface area contributed by atoms with Crippen molar-refractivity contribution in [3.63, 3.8) is 0 Å². The Morgan fingerprint density at radius 1 is 1.34 bits per heavy atom. The van der Waals surface area contributed by atoms with Crippen molar-refractivity contribution in [2.75, 3.05) is 28.7 Å². The molecule has 232 valence electrons. The highest BCUT2D eigenvalue weighted by molar-refractivity contribution is 8.01. The van der Waals surface area contributed by atoms with E-state index in [0.717, 1.165) is 28.0 Å². The van der Waals surface area contributed by atoms with Gasteiger partial charge in [0.05, 0.1) is 25.1 Å². The van der Waals surface area contributed by atoms with Crippen LogP contribution in [0.2, 0.25) is 0 Å². The van der Waals surface area contributed by atoms with Crippen LogP contribution < -0.4 is 32.2 Å². The van der Waals surface area contributed by atoms with Crippen molar-refractivity contribution in [2.45, 2.75) is 36.0 Å². The van der Waals surface area contributed by atoms with E-state index >= 15 is 0 Å². The molecule has 21 heteroatoms. The summed E-state index contributed by atoms with van der Waals surface area (Å²) in [5, 5.41) is 33.0. The van der Waals surface area contributed by atoms with E-state index in [0.29, 0.717) is 16.4 Å². The average molecular weight is 664 g/mol. The Hall–Kier alpha value is -4.63. The maximum Gasteiger partial charge on any atom is 0.376 e. The molecule has 0 aromatic carbocycles. The van der Waals surface area contributed by atoms with Gasteiger partial charge in [0.2, 0.25) is 10.8 Å². The predicted molar refractivity (Wildman–Crippen MR) is 157 cm³/mol. The third-order valence-corrected chi connectivity index (χ3v) is 9.49. The minimum atomic E-state index is -1.55. The average Bonchev–Trinajstić information content (AvgIpc) is 3.51. The number of thiazole rings is 1. The number of carbonyl (C=O) groups excluding carboxylic acids is 3. The van der Waals surface area contributed by atoms with Crippen molar-refractivity contribution in [1.82, 2.24) is 29.8 Å². The van der Waals surface area contributed by atoms with E-state index < -0.39 is 41.3 Å². The summed E-state index contributed by atoms with van der Waals surface area (Å²) in [6, 6.07) is 0.492. The van der Waals surface area contributed by atoms with Gasteiger partial charge < -0.3 is 42.4 Å². The van der Waals surface area contributed by atoms with E-state index in [-0.39, 0.29) is 51.9 Å². The number of hydrogen-bond donors (Lipinski definition) is 5. The number of hydrogen-bond acceptors (Lipinski definition) is 16. The molecule has 2 aliphatic rings. The second kappa shape index (κ2) is 12.2. The number of thioether (sulfide) groups is 2. The fourth-order valence-electron chi connectivity index (χ4n) is 4.37. The summed E-state index contributed by atoms with van der Waals surface area (Å²) in [5.41, 5.74) is 18.0. The van der Waals surface area contributed by atoms with Gasteiger partial charge in [-0.15, -0.1) is 23.1 Å². The van der Waals surface area contributed by atoms with E-state index in [1.807, 2.05) is 0 Å². The van der Waals surface area contributed by atoms with Gasteiger partial charge in [-0.3, -0.25) is 19.3 Å². The Kier molecular flexibility index (Phi) is 8.52. The molecule has 0 radical (unpaired) electrons. The van der Waals surface area contributed by atoms with Crippen molar-refractivity contribution in [2.24, 2.45) is 12.2 Å². The number of aryl methyl sites for hydroxylation is 1. The quantitative estimate of drug-likeness (QED) is 0.0355. The van der Waals surface area contributed by atoms with Gasteiger partial charge in [-0.1, -0.05) is 21.4 Å². The lowest BCUT2D eigenvalue weighted by atomic mass is 10.0.